The molecule has 1 saturated carbocycles. The van der Waals surface area contributed by atoms with E-state index in [-0.39, 0.29) is 5.92 Å². The molecule has 4 rings (SSSR count). The van der Waals surface area contributed by atoms with Crippen molar-refractivity contribution in [2.45, 2.75) is 25.8 Å². The lowest BCUT2D eigenvalue weighted by Crippen LogP contribution is -2.35. The molecule has 2 atom stereocenters. The summed E-state index contributed by atoms with van der Waals surface area (Å²) in [6, 6.07) is 9.38. The molecule has 24 heavy (non-hydrogen) atoms. The van der Waals surface area contributed by atoms with E-state index < -0.39 is 11.4 Å². The molecular weight excluding hydrogens is 328 g/mol. The number of hydrogen-bond acceptors (Lipinski definition) is 4. The molecule has 0 amide bonds. The zero-order valence-corrected chi connectivity index (χ0v) is 14.0. The van der Waals surface area contributed by atoms with Gasteiger partial charge in [0.05, 0.1) is 12.0 Å². The number of rotatable bonds is 4. The SMILES string of the molecule is O=C(O)[C@@]12CCC[C@H]1CN(Cc1cc(-c3ccc(Cl)cc3)no1)C2. The summed E-state index contributed by atoms with van der Waals surface area (Å²) in [5, 5.41) is 14.5. The Kier molecular flexibility index (Phi) is 3.85. The van der Waals surface area contributed by atoms with Crippen LogP contribution in [-0.4, -0.2) is 34.2 Å². The topological polar surface area (TPSA) is 66.6 Å². The van der Waals surface area contributed by atoms with E-state index in [1.54, 1.807) is 0 Å². The van der Waals surface area contributed by atoms with Crippen molar-refractivity contribution in [2.75, 3.05) is 13.1 Å². The number of fused-ring (bicyclic) bond motifs is 1. The van der Waals surface area contributed by atoms with Gasteiger partial charge in [-0.05, 0) is 30.9 Å². The minimum atomic E-state index is -0.646. The fraction of sp³-hybridized carbons (Fsp3) is 0.444. The molecule has 1 saturated heterocycles. The Labute approximate surface area is 145 Å². The molecule has 6 heteroatoms. The number of benzene rings is 1. The molecule has 2 aromatic rings. The van der Waals surface area contributed by atoms with Gasteiger partial charge in [-0.2, -0.15) is 0 Å². The van der Waals surface area contributed by atoms with Crippen molar-refractivity contribution in [3.8, 4) is 11.3 Å². The van der Waals surface area contributed by atoms with Crippen molar-refractivity contribution in [1.82, 2.24) is 10.1 Å². The second-order valence-corrected chi connectivity index (χ2v) is 7.34. The van der Waals surface area contributed by atoms with Crippen molar-refractivity contribution in [3.63, 3.8) is 0 Å². The normalized spacial score (nSPS) is 26.6. The maximum Gasteiger partial charge on any atom is 0.311 e. The van der Waals surface area contributed by atoms with Gasteiger partial charge in [0.15, 0.2) is 5.76 Å². The van der Waals surface area contributed by atoms with E-state index in [4.69, 9.17) is 16.1 Å². The van der Waals surface area contributed by atoms with E-state index >= 15 is 0 Å². The highest BCUT2D eigenvalue weighted by atomic mass is 35.5. The molecule has 1 aliphatic carbocycles. The smallest absolute Gasteiger partial charge is 0.311 e. The summed E-state index contributed by atoms with van der Waals surface area (Å²) >= 11 is 5.90. The standard InChI is InChI=1S/C18H19ClN2O3/c19-14-5-3-12(4-6-14)16-8-15(24-20-16)10-21-9-13-2-1-7-18(13,11-21)17(22)23/h3-6,8,13H,1-2,7,9-11H2,(H,22,23)/t13-,18+/m0/s1. The van der Waals surface area contributed by atoms with Crippen molar-refractivity contribution < 1.29 is 14.4 Å². The van der Waals surface area contributed by atoms with Gasteiger partial charge >= 0.3 is 5.97 Å². The number of carboxylic acids is 1. The molecule has 2 heterocycles. The Hall–Kier alpha value is -1.85. The number of halogens is 1. The fourth-order valence-electron chi connectivity index (χ4n) is 4.23. The molecule has 0 radical (unpaired) electrons. The van der Waals surface area contributed by atoms with Gasteiger partial charge in [0.1, 0.15) is 5.69 Å². The number of aromatic nitrogens is 1. The molecule has 2 fully saturated rings. The average molecular weight is 347 g/mol. The Bertz CT molecular complexity index is 758. The van der Waals surface area contributed by atoms with Crippen molar-refractivity contribution in [1.29, 1.82) is 0 Å². The van der Waals surface area contributed by atoms with Crippen LogP contribution < -0.4 is 0 Å². The van der Waals surface area contributed by atoms with E-state index in [9.17, 15) is 9.90 Å². The fourth-order valence-corrected chi connectivity index (χ4v) is 4.35. The maximum absolute atomic E-state index is 11.7. The second-order valence-electron chi connectivity index (χ2n) is 6.91. The number of nitrogens with zero attached hydrogens (tertiary/aromatic N) is 2. The Morgan fingerprint density at radius 2 is 2.21 bits per heavy atom. The second kappa shape index (κ2) is 5.90. The van der Waals surface area contributed by atoms with Crippen LogP contribution in [0.25, 0.3) is 11.3 Å². The molecule has 1 aromatic heterocycles. The van der Waals surface area contributed by atoms with Crippen molar-refractivity contribution in [2.24, 2.45) is 11.3 Å². The van der Waals surface area contributed by atoms with Crippen LogP contribution in [0.3, 0.4) is 0 Å². The molecule has 0 spiro atoms. The third-order valence-corrected chi connectivity index (χ3v) is 5.70. The first kappa shape index (κ1) is 15.7. The van der Waals surface area contributed by atoms with E-state index in [2.05, 4.69) is 10.1 Å². The van der Waals surface area contributed by atoms with Crippen molar-refractivity contribution >= 4 is 17.6 Å². The van der Waals surface area contributed by atoms with Crippen LogP contribution in [0.1, 0.15) is 25.0 Å². The van der Waals surface area contributed by atoms with E-state index in [1.807, 2.05) is 30.3 Å². The van der Waals surface area contributed by atoms with E-state index in [0.717, 1.165) is 42.8 Å². The molecular formula is C18H19ClN2O3. The lowest BCUT2D eigenvalue weighted by atomic mass is 9.81. The van der Waals surface area contributed by atoms with Crippen LogP contribution >= 0.6 is 11.6 Å². The third-order valence-electron chi connectivity index (χ3n) is 5.45. The van der Waals surface area contributed by atoms with Gasteiger partial charge in [-0.25, -0.2) is 0 Å². The van der Waals surface area contributed by atoms with E-state index in [0.29, 0.717) is 18.1 Å². The van der Waals surface area contributed by atoms with Gasteiger partial charge in [0.2, 0.25) is 0 Å². The zero-order valence-electron chi connectivity index (χ0n) is 13.2. The molecule has 1 N–H and O–H groups in total. The van der Waals surface area contributed by atoms with Gasteiger partial charge in [-0.1, -0.05) is 35.3 Å². The third kappa shape index (κ3) is 2.62. The van der Waals surface area contributed by atoms with Gasteiger partial charge in [0, 0.05) is 29.7 Å². The van der Waals surface area contributed by atoms with Crippen LogP contribution in [0.4, 0.5) is 0 Å². The summed E-state index contributed by atoms with van der Waals surface area (Å²) in [5.74, 6) is 0.376. The largest absolute Gasteiger partial charge is 0.481 e. The molecule has 0 bridgehead atoms. The van der Waals surface area contributed by atoms with Crippen LogP contribution in [0.15, 0.2) is 34.9 Å². The minimum Gasteiger partial charge on any atom is -0.481 e. The minimum absolute atomic E-state index is 0.258. The van der Waals surface area contributed by atoms with Gasteiger partial charge in [-0.15, -0.1) is 0 Å². The summed E-state index contributed by atoms with van der Waals surface area (Å²) in [4.78, 5) is 13.9. The highest BCUT2D eigenvalue weighted by molar-refractivity contribution is 6.30. The van der Waals surface area contributed by atoms with Crippen LogP contribution in [0.2, 0.25) is 5.02 Å². The lowest BCUT2D eigenvalue weighted by Gasteiger charge is -2.23. The molecule has 1 aliphatic heterocycles. The summed E-state index contributed by atoms with van der Waals surface area (Å²) < 4.78 is 5.45. The highest BCUT2D eigenvalue weighted by Gasteiger charge is 2.54. The van der Waals surface area contributed by atoms with Gasteiger partial charge in [-0.3, -0.25) is 9.69 Å². The Balaban J connectivity index is 1.47. The average Bonchev–Trinajstić information content (AvgIpc) is 3.22. The first-order chi connectivity index (χ1) is 11.6. The summed E-state index contributed by atoms with van der Waals surface area (Å²) in [7, 11) is 0. The Morgan fingerprint density at radius 3 is 2.92 bits per heavy atom. The number of hydrogen-bond donors (Lipinski definition) is 1. The number of likely N-dealkylation sites (tertiary alicyclic amines) is 1. The summed E-state index contributed by atoms with van der Waals surface area (Å²) in [6.07, 6.45) is 2.82. The van der Waals surface area contributed by atoms with Crippen LogP contribution in [0, 0.1) is 11.3 Å². The summed E-state index contributed by atoms with van der Waals surface area (Å²) in [5.41, 5.74) is 1.17. The first-order valence-corrected chi connectivity index (χ1v) is 8.62. The van der Waals surface area contributed by atoms with E-state index in [1.165, 1.54) is 0 Å². The maximum atomic E-state index is 11.7. The Morgan fingerprint density at radius 1 is 1.42 bits per heavy atom. The van der Waals surface area contributed by atoms with Crippen LogP contribution in [-0.2, 0) is 11.3 Å². The highest BCUT2D eigenvalue weighted by Crippen LogP contribution is 2.49. The number of carbonyl (C=O) groups is 1. The quantitative estimate of drug-likeness (QED) is 0.914. The molecule has 1 aromatic carbocycles. The monoisotopic (exact) mass is 346 g/mol. The predicted molar refractivity (Wildman–Crippen MR) is 89.6 cm³/mol. The number of carboxylic acid groups (broad SMARTS) is 1. The van der Waals surface area contributed by atoms with Gasteiger partial charge in [0.25, 0.3) is 0 Å². The predicted octanol–water partition coefficient (Wildman–Crippen LogP) is 3.68. The van der Waals surface area contributed by atoms with Crippen LogP contribution in [0.5, 0.6) is 0 Å². The number of aliphatic carboxylic acids is 1. The molecule has 0 unspecified atom stereocenters. The lowest BCUT2D eigenvalue weighted by molar-refractivity contribution is -0.149. The molecule has 5 nitrogen and oxygen atoms in total. The summed E-state index contributed by atoms with van der Waals surface area (Å²) in [6.45, 7) is 2.03. The van der Waals surface area contributed by atoms with Gasteiger partial charge < -0.3 is 9.63 Å². The molecule has 2 aliphatic rings. The van der Waals surface area contributed by atoms with Crippen molar-refractivity contribution in [3.05, 3.63) is 41.1 Å². The first-order valence-electron chi connectivity index (χ1n) is 8.24. The molecule has 126 valence electrons. The zero-order chi connectivity index (χ0) is 16.7.